The molecular weight excluding hydrogens is 150 g/mol. The van der Waals surface area contributed by atoms with E-state index in [0.29, 0.717) is 6.10 Å². The highest BCUT2D eigenvalue weighted by atomic mass is 16.5. The van der Waals surface area contributed by atoms with Crippen LogP contribution in [0.15, 0.2) is 0 Å². The number of methoxy groups -OCH3 is 1. The van der Waals surface area contributed by atoms with Gasteiger partial charge in [0.2, 0.25) is 0 Å². The quantitative estimate of drug-likeness (QED) is 0.675. The Kier molecular flexibility index (Phi) is 2.66. The lowest BCUT2D eigenvalue weighted by atomic mass is 9.76. The Bertz CT molecular complexity index is 137. The van der Waals surface area contributed by atoms with Gasteiger partial charge in [-0.3, -0.25) is 0 Å². The fourth-order valence-corrected chi connectivity index (χ4v) is 2.44. The van der Waals surface area contributed by atoms with Gasteiger partial charge in [0, 0.05) is 7.11 Å². The molecule has 0 aromatic carbocycles. The van der Waals surface area contributed by atoms with Gasteiger partial charge in [0.15, 0.2) is 0 Å². The molecule has 0 bridgehead atoms. The maximum absolute atomic E-state index is 5.36. The van der Waals surface area contributed by atoms with Crippen LogP contribution in [0.4, 0.5) is 0 Å². The van der Waals surface area contributed by atoms with E-state index < -0.39 is 0 Å². The van der Waals surface area contributed by atoms with Gasteiger partial charge in [-0.2, -0.15) is 0 Å². The molecule has 2 aliphatic rings. The predicted molar refractivity (Wildman–Crippen MR) is 49.1 cm³/mol. The molecule has 70 valence electrons. The summed E-state index contributed by atoms with van der Waals surface area (Å²) in [5.74, 6) is 1.99. The van der Waals surface area contributed by atoms with Gasteiger partial charge in [-0.15, -0.1) is 0 Å². The summed E-state index contributed by atoms with van der Waals surface area (Å²) in [6, 6.07) is 0. The Balaban J connectivity index is 1.74. The van der Waals surface area contributed by atoms with Crippen molar-refractivity contribution in [3.8, 4) is 0 Å². The van der Waals surface area contributed by atoms with Crippen molar-refractivity contribution in [1.29, 1.82) is 0 Å². The zero-order valence-corrected chi connectivity index (χ0v) is 7.88. The van der Waals surface area contributed by atoms with Crippen molar-refractivity contribution in [2.24, 2.45) is 11.8 Å². The Labute approximate surface area is 74.7 Å². The second-order valence-corrected chi connectivity index (χ2v) is 4.19. The van der Waals surface area contributed by atoms with Crippen LogP contribution in [-0.2, 0) is 4.74 Å². The van der Waals surface area contributed by atoms with Gasteiger partial charge in [-0.05, 0) is 50.6 Å². The van der Waals surface area contributed by atoms with Crippen molar-refractivity contribution in [1.82, 2.24) is 5.32 Å². The van der Waals surface area contributed by atoms with Gasteiger partial charge in [-0.1, -0.05) is 0 Å². The van der Waals surface area contributed by atoms with E-state index in [1.165, 1.54) is 38.8 Å². The van der Waals surface area contributed by atoms with Gasteiger partial charge >= 0.3 is 0 Å². The summed E-state index contributed by atoms with van der Waals surface area (Å²) in [7, 11) is 1.84. The molecule has 0 unspecified atom stereocenters. The summed E-state index contributed by atoms with van der Waals surface area (Å²) in [6.45, 7) is 2.53. The number of hydrogen-bond donors (Lipinski definition) is 1. The summed E-state index contributed by atoms with van der Waals surface area (Å²) in [5.41, 5.74) is 0. The standard InChI is InChI=1S/C10H19NO/c1-12-10-4-2-8(3-5-10)9-6-11-7-9/h8-11H,2-7H2,1H3. The zero-order chi connectivity index (χ0) is 8.39. The maximum Gasteiger partial charge on any atom is 0.0571 e. The highest BCUT2D eigenvalue weighted by Gasteiger charge is 2.30. The maximum atomic E-state index is 5.36. The molecule has 12 heavy (non-hydrogen) atoms. The predicted octanol–water partition coefficient (Wildman–Crippen LogP) is 1.41. The van der Waals surface area contributed by atoms with Gasteiger partial charge in [0.05, 0.1) is 6.10 Å². The van der Waals surface area contributed by atoms with Gasteiger partial charge < -0.3 is 10.1 Å². The van der Waals surface area contributed by atoms with E-state index in [4.69, 9.17) is 4.74 Å². The zero-order valence-electron chi connectivity index (χ0n) is 7.88. The first-order valence-corrected chi connectivity index (χ1v) is 5.13. The van der Waals surface area contributed by atoms with Crippen molar-refractivity contribution < 1.29 is 4.74 Å². The number of rotatable bonds is 2. The summed E-state index contributed by atoms with van der Waals surface area (Å²) in [4.78, 5) is 0. The van der Waals surface area contributed by atoms with E-state index in [-0.39, 0.29) is 0 Å². The molecule has 2 nitrogen and oxygen atoms in total. The highest BCUT2D eigenvalue weighted by molar-refractivity contribution is 4.85. The Hall–Kier alpha value is -0.0800. The molecule has 1 aliphatic carbocycles. The van der Waals surface area contributed by atoms with E-state index in [2.05, 4.69) is 5.32 Å². The molecule has 0 aromatic heterocycles. The van der Waals surface area contributed by atoms with Crippen LogP contribution in [0.1, 0.15) is 25.7 Å². The first-order valence-electron chi connectivity index (χ1n) is 5.13. The largest absolute Gasteiger partial charge is 0.381 e. The Morgan fingerprint density at radius 3 is 2.08 bits per heavy atom. The highest BCUT2D eigenvalue weighted by Crippen LogP contribution is 2.32. The second-order valence-electron chi connectivity index (χ2n) is 4.19. The Morgan fingerprint density at radius 1 is 1.00 bits per heavy atom. The average Bonchev–Trinajstić information content (AvgIpc) is 2.03. The van der Waals surface area contributed by atoms with Crippen LogP contribution in [0, 0.1) is 11.8 Å². The van der Waals surface area contributed by atoms with Crippen LogP contribution in [-0.4, -0.2) is 26.3 Å². The van der Waals surface area contributed by atoms with Crippen LogP contribution in [0.5, 0.6) is 0 Å². The molecule has 0 atom stereocenters. The average molecular weight is 169 g/mol. The third-order valence-electron chi connectivity index (χ3n) is 3.53. The summed E-state index contributed by atoms with van der Waals surface area (Å²) < 4.78 is 5.36. The van der Waals surface area contributed by atoms with Crippen molar-refractivity contribution in [2.45, 2.75) is 31.8 Å². The molecule has 1 N–H and O–H groups in total. The lowest BCUT2D eigenvalue weighted by Crippen LogP contribution is -2.47. The molecule has 1 heterocycles. The van der Waals surface area contributed by atoms with Crippen molar-refractivity contribution in [3.05, 3.63) is 0 Å². The number of hydrogen-bond acceptors (Lipinski definition) is 2. The van der Waals surface area contributed by atoms with E-state index in [0.717, 1.165) is 11.8 Å². The van der Waals surface area contributed by atoms with Crippen LogP contribution in [0.2, 0.25) is 0 Å². The third kappa shape index (κ3) is 1.64. The molecule has 1 saturated carbocycles. The smallest absolute Gasteiger partial charge is 0.0571 e. The molecule has 0 aromatic rings. The SMILES string of the molecule is COC1CCC(C2CNC2)CC1. The minimum atomic E-state index is 0.564. The van der Waals surface area contributed by atoms with Crippen LogP contribution in [0.25, 0.3) is 0 Å². The molecule has 0 radical (unpaired) electrons. The normalized spacial score (nSPS) is 37.8. The fourth-order valence-electron chi connectivity index (χ4n) is 2.44. The molecule has 2 fully saturated rings. The molecular formula is C10H19NO. The molecule has 2 rings (SSSR count). The van der Waals surface area contributed by atoms with Crippen LogP contribution < -0.4 is 5.32 Å². The van der Waals surface area contributed by atoms with Gasteiger partial charge in [0.1, 0.15) is 0 Å². The minimum absolute atomic E-state index is 0.564. The molecule has 0 amide bonds. The minimum Gasteiger partial charge on any atom is -0.381 e. The van der Waals surface area contributed by atoms with E-state index in [1.54, 1.807) is 0 Å². The Morgan fingerprint density at radius 2 is 1.67 bits per heavy atom. The van der Waals surface area contributed by atoms with Gasteiger partial charge in [-0.25, -0.2) is 0 Å². The van der Waals surface area contributed by atoms with Crippen molar-refractivity contribution in [3.63, 3.8) is 0 Å². The number of ether oxygens (including phenoxy) is 1. The molecule has 1 aliphatic heterocycles. The molecule has 1 saturated heterocycles. The summed E-state index contributed by atoms with van der Waals surface area (Å²) in [5, 5.41) is 3.35. The van der Waals surface area contributed by atoms with Gasteiger partial charge in [0.25, 0.3) is 0 Å². The summed E-state index contributed by atoms with van der Waals surface area (Å²) in [6.07, 6.45) is 5.93. The lowest BCUT2D eigenvalue weighted by molar-refractivity contribution is 0.0398. The fraction of sp³-hybridized carbons (Fsp3) is 1.00. The van der Waals surface area contributed by atoms with E-state index in [1.807, 2.05) is 7.11 Å². The first kappa shape index (κ1) is 8.52. The summed E-state index contributed by atoms with van der Waals surface area (Å²) >= 11 is 0. The molecule has 2 heteroatoms. The topological polar surface area (TPSA) is 21.3 Å². The number of nitrogens with one attached hydrogen (secondary N) is 1. The first-order chi connectivity index (χ1) is 5.90. The molecule has 0 spiro atoms. The van der Waals surface area contributed by atoms with Crippen molar-refractivity contribution in [2.75, 3.05) is 20.2 Å². The third-order valence-corrected chi connectivity index (χ3v) is 3.53. The van der Waals surface area contributed by atoms with E-state index in [9.17, 15) is 0 Å². The van der Waals surface area contributed by atoms with E-state index >= 15 is 0 Å². The van der Waals surface area contributed by atoms with Crippen LogP contribution in [0.3, 0.4) is 0 Å². The van der Waals surface area contributed by atoms with Crippen LogP contribution >= 0.6 is 0 Å². The second kappa shape index (κ2) is 3.75. The van der Waals surface area contributed by atoms with Crippen molar-refractivity contribution >= 4 is 0 Å². The monoisotopic (exact) mass is 169 g/mol. The lowest BCUT2D eigenvalue weighted by Gasteiger charge is -2.38.